The number of epoxide rings is 1. The molecule has 2 rings (SSSR count). The fourth-order valence-electron chi connectivity index (χ4n) is 2.24. The molecule has 0 amide bonds. The number of aryl methyl sites for hydroxylation is 2. The lowest BCUT2D eigenvalue weighted by molar-refractivity contribution is 0.283. The van der Waals surface area contributed by atoms with Crippen molar-refractivity contribution in [1.82, 2.24) is 4.98 Å². The SMILES string of the molecule is CCC1OC1(CC)c1nc(C)sc1C. The summed E-state index contributed by atoms with van der Waals surface area (Å²) in [4.78, 5) is 5.93. The molecule has 1 aliphatic rings. The molecule has 14 heavy (non-hydrogen) atoms. The number of hydrogen-bond acceptors (Lipinski definition) is 3. The molecule has 2 atom stereocenters. The molecule has 0 radical (unpaired) electrons. The molecule has 0 spiro atoms. The Morgan fingerprint density at radius 2 is 2.14 bits per heavy atom. The molecule has 1 aliphatic heterocycles. The number of hydrogen-bond donors (Lipinski definition) is 0. The van der Waals surface area contributed by atoms with Crippen LogP contribution in [0.25, 0.3) is 0 Å². The lowest BCUT2D eigenvalue weighted by Gasteiger charge is -2.07. The molecule has 2 nitrogen and oxygen atoms in total. The van der Waals surface area contributed by atoms with Gasteiger partial charge in [-0.05, 0) is 26.7 Å². The minimum Gasteiger partial charge on any atom is -0.359 e. The van der Waals surface area contributed by atoms with E-state index in [1.165, 1.54) is 10.6 Å². The first kappa shape index (κ1) is 10.1. The predicted molar refractivity (Wildman–Crippen MR) is 58.7 cm³/mol. The molecule has 1 aromatic rings. The van der Waals surface area contributed by atoms with Gasteiger partial charge >= 0.3 is 0 Å². The van der Waals surface area contributed by atoms with Crippen LogP contribution in [0.2, 0.25) is 0 Å². The van der Waals surface area contributed by atoms with Crippen LogP contribution in [0.1, 0.15) is 42.3 Å². The molecule has 1 aromatic heterocycles. The zero-order valence-corrected chi connectivity index (χ0v) is 10.1. The van der Waals surface area contributed by atoms with Crippen molar-refractivity contribution in [1.29, 1.82) is 0 Å². The van der Waals surface area contributed by atoms with Gasteiger partial charge in [-0.3, -0.25) is 0 Å². The average Bonchev–Trinajstić information content (AvgIpc) is 2.80. The van der Waals surface area contributed by atoms with Crippen LogP contribution < -0.4 is 0 Å². The molecular formula is C11H17NOS. The summed E-state index contributed by atoms with van der Waals surface area (Å²) in [5, 5.41) is 1.15. The minimum absolute atomic E-state index is 0.0381. The Bertz CT molecular complexity index is 347. The highest BCUT2D eigenvalue weighted by molar-refractivity contribution is 7.11. The van der Waals surface area contributed by atoms with E-state index in [0.29, 0.717) is 6.10 Å². The average molecular weight is 211 g/mol. The van der Waals surface area contributed by atoms with Crippen LogP contribution in [0.5, 0.6) is 0 Å². The Labute approximate surface area is 89.3 Å². The first-order chi connectivity index (χ1) is 6.64. The summed E-state index contributed by atoms with van der Waals surface area (Å²) in [7, 11) is 0. The standard InChI is InChI=1S/C11H17NOS/c1-5-9-11(6-2,13-9)10-7(3)14-8(4)12-10/h9H,5-6H2,1-4H3. The van der Waals surface area contributed by atoms with Crippen molar-refractivity contribution in [2.45, 2.75) is 52.2 Å². The van der Waals surface area contributed by atoms with Crippen LogP contribution in [-0.4, -0.2) is 11.1 Å². The third-order valence-corrected chi connectivity index (χ3v) is 3.90. The smallest absolute Gasteiger partial charge is 0.137 e. The van der Waals surface area contributed by atoms with Gasteiger partial charge in [0.2, 0.25) is 0 Å². The van der Waals surface area contributed by atoms with Gasteiger partial charge in [-0.2, -0.15) is 0 Å². The molecule has 2 unspecified atom stereocenters. The van der Waals surface area contributed by atoms with Gasteiger partial charge in [0, 0.05) is 4.88 Å². The normalized spacial score (nSPS) is 30.7. The number of rotatable bonds is 3. The van der Waals surface area contributed by atoms with E-state index in [1.54, 1.807) is 11.3 Å². The molecule has 0 bridgehead atoms. The van der Waals surface area contributed by atoms with E-state index in [4.69, 9.17) is 4.74 Å². The Balaban J connectivity index is 2.34. The summed E-state index contributed by atoms with van der Waals surface area (Å²) in [6, 6.07) is 0. The quantitative estimate of drug-likeness (QED) is 0.717. The molecule has 0 saturated carbocycles. The zero-order chi connectivity index (χ0) is 10.3. The first-order valence-electron chi connectivity index (χ1n) is 5.26. The molecule has 3 heteroatoms. The molecule has 78 valence electrons. The van der Waals surface area contributed by atoms with E-state index in [-0.39, 0.29) is 5.60 Å². The second-order valence-electron chi connectivity index (χ2n) is 3.90. The molecule has 0 aliphatic carbocycles. The highest BCUT2D eigenvalue weighted by Gasteiger charge is 2.57. The van der Waals surface area contributed by atoms with Gasteiger partial charge in [0.05, 0.1) is 16.8 Å². The Hall–Kier alpha value is -0.410. The van der Waals surface area contributed by atoms with Crippen LogP contribution >= 0.6 is 11.3 Å². The van der Waals surface area contributed by atoms with Crippen molar-refractivity contribution < 1.29 is 4.74 Å². The van der Waals surface area contributed by atoms with E-state index in [0.717, 1.165) is 17.8 Å². The lowest BCUT2D eigenvalue weighted by atomic mass is 9.96. The second-order valence-corrected chi connectivity index (χ2v) is 5.30. The highest BCUT2D eigenvalue weighted by Crippen LogP contribution is 2.51. The summed E-state index contributed by atoms with van der Waals surface area (Å²) >= 11 is 1.77. The van der Waals surface area contributed by atoms with E-state index < -0.39 is 0 Å². The predicted octanol–water partition coefficient (Wildman–Crippen LogP) is 3.17. The van der Waals surface area contributed by atoms with E-state index in [9.17, 15) is 0 Å². The van der Waals surface area contributed by atoms with Gasteiger partial charge in [0.15, 0.2) is 0 Å². The molecule has 0 aromatic carbocycles. The molecule has 0 N–H and O–H groups in total. The van der Waals surface area contributed by atoms with Crippen LogP contribution in [0.15, 0.2) is 0 Å². The molecular weight excluding hydrogens is 194 g/mol. The molecule has 1 saturated heterocycles. The maximum Gasteiger partial charge on any atom is 0.137 e. The number of aromatic nitrogens is 1. The summed E-state index contributed by atoms with van der Waals surface area (Å²) in [6.45, 7) is 8.57. The fraction of sp³-hybridized carbons (Fsp3) is 0.727. The summed E-state index contributed by atoms with van der Waals surface area (Å²) < 4.78 is 5.83. The number of thiazole rings is 1. The largest absolute Gasteiger partial charge is 0.359 e. The van der Waals surface area contributed by atoms with Crippen LogP contribution in [-0.2, 0) is 10.3 Å². The maximum absolute atomic E-state index is 5.83. The summed E-state index contributed by atoms with van der Waals surface area (Å²) in [5.74, 6) is 0. The Morgan fingerprint density at radius 3 is 2.50 bits per heavy atom. The van der Waals surface area contributed by atoms with Gasteiger partial charge in [-0.1, -0.05) is 13.8 Å². The van der Waals surface area contributed by atoms with Crippen molar-refractivity contribution >= 4 is 11.3 Å². The first-order valence-corrected chi connectivity index (χ1v) is 6.08. The fourth-order valence-corrected chi connectivity index (χ4v) is 3.14. The zero-order valence-electron chi connectivity index (χ0n) is 9.26. The number of nitrogens with zero attached hydrogens (tertiary/aromatic N) is 1. The van der Waals surface area contributed by atoms with Crippen molar-refractivity contribution in [2.24, 2.45) is 0 Å². The highest BCUT2D eigenvalue weighted by atomic mass is 32.1. The third kappa shape index (κ3) is 1.30. The summed E-state index contributed by atoms with van der Waals surface area (Å²) in [5.41, 5.74) is 1.15. The Morgan fingerprint density at radius 1 is 1.43 bits per heavy atom. The Kier molecular flexibility index (Phi) is 2.40. The van der Waals surface area contributed by atoms with Gasteiger partial charge in [-0.25, -0.2) is 4.98 Å². The lowest BCUT2D eigenvalue weighted by Crippen LogP contribution is -2.13. The third-order valence-electron chi connectivity index (χ3n) is 3.02. The van der Waals surface area contributed by atoms with Crippen LogP contribution in [0.4, 0.5) is 0 Å². The molecule has 1 fully saturated rings. The molecule has 2 heterocycles. The van der Waals surface area contributed by atoms with E-state index in [1.807, 2.05) is 0 Å². The van der Waals surface area contributed by atoms with Crippen molar-refractivity contribution in [3.8, 4) is 0 Å². The summed E-state index contributed by atoms with van der Waals surface area (Å²) in [6.07, 6.45) is 2.52. The van der Waals surface area contributed by atoms with Gasteiger partial charge < -0.3 is 4.74 Å². The van der Waals surface area contributed by atoms with Crippen molar-refractivity contribution in [3.05, 3.63) is 15.6 Å². The van der Waals surface area contributed by atoms with Crippen molar-refractivity contribution in [3.63, 3.8) is 0 Å². The van der Waals surface area contributed by atoms with E-state index >= 15 is 0 Å². The van der Waals surface area contributed by atoms with Gasteiger partial charge in [0.1, 0.15) is 5.60 Å². The van der Waals surface area contributed by atoms with Gasteiger partial charge in [0.25, 0.3) is 0 Å². The van der Waals surface area contributed by atoms with Crippen LogP contribution in [0.3, 0.4) is 0 Å². The maximum atomic E-state index is 5.83. The van der Waals surface area contributed by atoms with Crippen LogP contribution in [0, 0.1) is 13.8 Å². The topological polar surface area (TPSA) is 25.4 Å². The number of ether oxygens (including phenoxy) is 1. The minimum atomic E-state index is -0.0381. The van der Waals surface area contributed by atoms with Crippen molar-refractivity contribution in [2.75, 3.05) is 0 Å². The van der Waals surface area contributed by atoms with Gasteiger partial charge in [-0.15, -0.1) is 11.3 Å². The monoisotopic (exact) mass is 211 g/mol. The van der Waals surface area contributed by atoms with E-state index in [2.05, 4.69) is 32.7 Å². The second kappa shape index (κ2) is 3.31.